The molecule has 6 heteroatoms. The van der Waals surface area contributed by atoms with Crippen LogP contribution in [0.25, 0.3) is 0 Å². The summed E-state index contributed by atoms with van der Waals surface area (Å²) < 4.78 is 5.24. The number of carbonyl (C=O) groups excluding carboxylic acids is 1. The van der Waals surface area contributed by atoms with Gasteiger partial charge in [0.2, 0.25) is 0 Å². The molecule has 0 spiro atoms. The van der Waals surface area contributed by atoms with Gasteiger partial charge in [-0.1, -0.05) is 17.7 Å². The number of hydrogen-bond donors (Lipinski definition) is 3. The second-order valence-corrected chi connectivity index (χ2v) is 5.73. The van der Waals surface area contributed by atoms with E-state index in [2.05, 4.69) is 10.6 Å². The lowest BCUT2D eigenvalue weighted by atomic mass is 9.93. The second-order valence-electron chi connectivity index (χ2n) is 5.29. The molecule has 1 fully saturated rings. The van der Waals surface area contributed by atoms with Crippen LogP contribution < -0.4 is 15.4 Å². The van der Waals surface area contributed by atoms with E-state index in [0.29, 0.717) is 17.3 Å². The van der Waals surface area contributed by atoms with E-state index in [9.17, 15) is 9.90 Å². The lowest BCUT2D eigenvalue weighted by Gasteiger charge is -2.26. The molecule has 1 aromatic carbocycles. The molecule has 5 nitrogen and oxygen atoms in total. The smallest absolute Gasteiger partial charge is 0.315 e. The van der Waals surface area contributed by atoms with E-state index in [1.807, 2.05) is 6.07 Å². The highest BCUT2D eigenvalue weighted by Crippen LogP contribution is 2.23. The first-order valence-electron chi connectivity index (χ1n) is 7.13. The average Bonchev–Trinajstić information content (AvgIpc) is 2.48. The zero-order valence-electron chi connectivity index (χ0n) is 12.1. The van der Waals surface area contributed by atoms with Gasteiger partial charge in [0.15, 0.2) is 0 Å². The molecule has 3 N–H and O–H groups in total. The monoisotopic (exact) mass is 312 g/mol. The predicted molar refractivity (Wildman–Crippen MR) is 81.6 cm³/mol. The number of hydrogen-bond acceptors (Lipinski definition) is 3. The van der Waals surface area contributed by atoms with Gasteiger partial charge in [-0.25, -0.2) is 4.79 Å². The molecule has 0 aromatic heterocycles. The van der Waals surface area contributed by atoms with Gasteiger partial charge in [-0.15, -0.1) is 0 Å². The third kappa shape index (κ3) is 4.79. The van der Waals surface area contributed by atoms with Gasteiger partial charge in [0.05, 0.1) is 13.2 Å². The Balaban J connectivity index is 1.81. The average molecular weight is 313 g/mol. The Labute approximate surface area is 129 Å². The molecule has 0 atom stereocenters. The van der Waals surface area contributed by atoms with Crippen molar-refractivity contribution in [2.24, 2.45) is 0 Å². The molecule has 0 aliphatic heterocycles. The number of carbonyl (C=O) groups is 1. The van der Waals surface area contributed by atoms with Crippen LogP contribution in [0.1, 0.15) is 31.2 Å². The van der Waals surface area contributed by atoms with E-state index in [1.54, 1.807) is 19.2 Å². The molecule has 1 aliphatic carbocycles. The maximum atomic E-state index is 11.9. The largest absolute Gasteiger partial charge is 0.496 e. The van der Waals surface area contributed by atoms with Gasteiger partial charge in [-0.3, -0.25) is 0 Å². The third-order valence-electron chi connectivity index (χ3n) is 3.72. The topological polar surface area (TPSA) is 70.6 Å². The van der Waals surface area contributed by atoms with E-state index in [4.69, 9.17) is 16.3 Å². The minimum Gasteiger partial charge on any atom is -0.496 e. The molecule has 0 radical (unpaired) electrons. The van der Waals surface area contributed by atoms with E-state index in [0.717, 1.165) is 31.2 Å². The second kappa shape index (κ2) is 7.52. The van der Waals surface area contributed by atoms with Gasteiger partial charge in [-0.05, 0) is 37.8 Å². The van der Waals surface area contributed by atoms with Crippen LogP contribution in [0.2, 0.25) is 5.02 Å². The Hall–Kier alpha value is -1.46. The Bertz CT molecular complexity index is 488. The number of urea groups is 1. The van der Waals surface area contributed by atoms with Crippen LogP contribution >= 0.6 is 11.6 Å². The number of nitrogens with one attached hydrogen (secondary N) is 2. The first kappa shape index (κ1) is 15.9. The minimum absolute atomic E-state index is 0.139. The molecular formula is C15H21ClN2O3. The quantitative estimate of drug-likeness (QED) is 0.800. The van der Waals surface area contributed by atoms with Crippen molar-refractivity contribution in [1.29, 1.82) is 0 Å². The van der Waals surface area contributed by atoms with Crippen LogP contribution in [0.3, 0.4) is 0 Å². The van der Waals surface area contributed by atoms with Gasteiger partial charge in [0, 0.05) is 23.2 Å². The first-order chi connectivity index (χ1) is 10.1. The fraction of sp³-hybridized carbons (Fsp3) is 0.533. The number of aliphatic hydroxyl groups is 1. The van der Waals surface area contributed by atoms with Crippen LogP contribution in [0, 0.1) is 0 Å². The zero-order valence-corrected chi connectivity index (χ0v) is 12.8. The lowest BCUT2D eigenvalue weighted by Crippen LogP contribution is -2.43. The Kier molecular flexibility index (Phi) is 5.70. The Morgan fingerprint density at radius 3 is 2.76 bits per heavy atom. The summed E-state index contributed by atoms with van der Waals surface area (Å²) in [7, 11) is 1.57. The third-order valence-corrected chi connectivity index (χ3v) is 3.96. The Morgan fingerprint density at radius 1 is 1.38 bits per heavy atom. The fourth-order valence-electron chi connectivity index (χ4n) is 2.50. The van der Waals surface area contributed by atoms with Gasteiger partial charge in [0.25, 0.3) is 0 Å². The van der Waals surface area contributed by atoms with Gasteiger partial charge >= 0.3 is 6.03 Å². The normalized spacial score (nSPS) is 21.7. The van der Waals surface area contributed by atoms with Crippen LogP contribution in [0.4, 0.5) is 4.79 Å². The number of halogens is 1. The summed E-state index contributed by atoms with van der Waals surface area (Å²) in [6, 6.07) is 5.26. The zero-order chi connectivity index (χ0) is 15.2. The summed E-state index contributed by atoms with van der Waals surface area (Å²) in [5, 5.41) is 15.8. The summed E-state index contributed by atoms with van der Waals surface area (Å²) in [6.07, 6.45) is 2.91. The molecular weight excluding hydrogens is 292 g/mol. The molecule has 1 aromatic rings. The van der Waals surface area contributed by atoms with Crippen molar-refractivity contribution in [3.63, 3.8) is 0 Å². The molecule has 0 unspecified atom stereocenters. The number of ether oxygens (including phenoxy) is 1. The van der Waals surface area contributed by atoms with E-state index in [-0.39, 0.29) is 18.2 Å². The highest BCUT2D eigenvalue weighted by atomic mass is 35.5. The van der Waals surface area contributed by atoms with Crippen LogP contribution in [0.15, 0.2) is 18.2 Å². The van der Waals surface area contributed by atoms with Gasteiger partial charge in [-0.2, -0.15) is 0 Å². The summed E-state index contributed by atoms with van der Waals surface area (Å²) in [4.78, 5) is 11.9. The number of methoxy groups -OCH3 is 1. The van der Waals surface area contributed by atoms with Gasteiger partial charge in [0.1, 0.15) is 5.75 Å². The maximum Gasteiger partial charge on any atom is 0.315 e. The van der Waals surface area contributed by atoms with Crippen molar-refractivity contribution >= 4 is 17.6 Å². The fourth-order valence-corrected chi connectivity index (χ4v) is 2.66. The van der Waals surface area contributed by atoms with E-state index in [1.165, 1.54) is 0 Å². The highest BCUT2D eigenvalue weighted by Gasteiger charge is 2.20. The molecule has 1 saturated carbocycles. The molecule has 1 aliphatic rings. The molecule has 2 rings (SSSR count). The molecule has 21 heavy (non-hydrogen) atoms. The molecule has 0 saturated heterocycles. The summed E-state index contributed by atoms with van der Waals surface area (Å²) in [5.74, 6) is 0.656. The SMILES string of the molecule is COc1cc(Cl)ccc1CNC(=O)NC1CCC(O)CC1. The summed E-state index contributed by atoms with van der Waals surface area (Å²) >= 11 is 5.90. The minimum atomic E-state index is -0.218. The Morgan fingerprint density at radius 2 is 2.10 bits per heavy atom. The van der Waals surface area contributed by atoms with Crippen molar-refractivity contribution in [2.75, 3.05) is 7.11 Å². The standard InChI is InChI=1S/C15H21ClN2O3/c1-21-14-8-11(16)3-2-10(14)9-17-15(20)18-12-4-6-13(19)7-5-12/h2-3,8,12-13,19H,4-7,9H2,1H3,(H2,17,18,20). The highest BCUT2D eigenvalue weighted by molar-refractivity contribution is 6.30. The summed E-state index contributed by atoms with van der Waals surface area (Å²) in [6.45, 7) is 0.377. The van der Waals surface area contributed by atoms with Crippen molar-refractivity contribution in [2.45, 2.75) is 44.4 Å². The van der Waals surface area contributed by atoms with Crippen LogP contribution in [0.5, 0.6) is 5.75 Å². The van der Waals surface area contributed by atoms with E-state index >= 15 is 0 Å². The predicted octanol–water partition coefficient (Wildman–Crippen LogP) is 2.45. The van der Waals surface area contributed by atoms with Crippen molar-refractivity contribution < 1.29 is 14.6 Å². The number of benzene rings is 1. The number of rotatable bonds is 4. The van der Waals surface area contributed by atoms with Crippen molar-refractivity contribution in [1.82, 2.24) is 10.6 Å². The van der Waals surface area contributed by atoms with Crippen molar-refractivity contribution in [3.8, 4) is 5.75 Å². The van der Waals surface area contributed by atoms with Crippen LogP contribution in [-0.2, 0) is 6.54 Å². The van der Waals surface area contributed by atoms with Gasteiger partial charge < -0.3 is 20.5 Å². The number of aliphatic hydroxyl groups excluding tert-OH is 1. The van der Waals surface area contributed by atoms with Crippen molar-refractivity contribution in [3.05, 3.63) is 28.8 Å². The molecule has 2 amide bonds. The summed E-state index contributed by atoms with van der Waals surface area (Å²) in [5.41, 5.74) is 0.871. The van der Waals surface area contributed by atoms with E-state index < -0.39 is 0 Å². The maximum absolute atomic E-state index is 11.9. The molecule has 0 bridgehead atoms. The van der Waals surface area contributed by atoms with Crippen LogP contribution in [-0.4, -0.2) is 30.4 Å². The molecule has 116 valence electrons. The lowest BCUT2D eigenvalue weighted by molar-refractivity contribution is 0.117. The first-order valence-corrected chi connectivity index (χ1v) is 7.51. The number of amides is 2. The molecule has 0 heterocycles.